The second kappa shape index (κ2) is 6.50. The molecule has 4 nitrogen and oxygen atoms in total. The molecule has 0 aromatic heterocycles. The smallest absolute Gasteiger partial charge is 0.231 e. The Morgan fingerprint density at radius 2 is 1.81 bits per heavy atom. The lowest BCUT2D eigenvalue weighted by atomic mass is 9.79. The molecule has 132 valence electrons. The molecule has 2 fully saturated rings. The summed E-state index contributed by atoms with van der Waals surface area (Å²) in [6, 6.07) is 12.2. The third kappa shape index (κ3) is 2.74. The van der Waals surface area contributed by atoms with Crippen molar-refractivity contribution in [2.45, 2.75) is 25.0 Å². The molecular formula is C20H16F2N2O2. The van der Waals surface area contributed by atoms with E-state index in [0.29, 0.717) is 0 Å². The number of nitriles is 1. The normalized spacial score (nSPS) is 26.5. The first kappa shape index (κ1) is 16.7. The topological polar surface area (TPSA) is 62.1 Å². The molecular weight excluding hydrogens is 338 g/mol. The number of rotatable bonds is 3. The molecule has 2 aromatic carbocycles. The predicted molar refractivity (Wildman–Crippen MR) is 90.9 cm³/mol. The van der Waals surface area contributed by atoms with Crippen molar-refractivity contribution in [3.63, 3.8) is 0 Å². The van der Waals surface area contributed by atoms with E-state index in [4.69, 9.17) is 4.74 Å². The highest BCUT2D eigenvalue weighted by Crippen LogP contribution is 2.43. The predicted octanol–water partition coefficient (Wildman–Crippen LogP) is 3.89. The molecule has 2 heterocycles. The number of nitrogens with one attached hydrogen (secondary N) is 1. The Morgan fingerprint density at radius 3 is 2.54 bits per heavy atom. The van der Waals surface area contributed by atoms with Crippen molar-refractivity contribution in [2.75, 3.05) is 5.32 Å². The van der Waals surface area contributed by atoms with Crippen LogP contribution in [0.4, 0.5) is 14.5 Å². The minimum Gasteiger partial charge on any atom is -0.373 e. The monoisotopic (exact) mass is 354 g/mol. The quantitative estimate of drug-likeness (QED) is 0.910. The number of hydrogen-bond donors (Lipinski definition) is 1. The molecule has 0 spiro atoms. The van der Waals surface area contributed by atoms with Gasteiger partial charge in [0.1, 0.15) is 11.6 Å². The molecule has 2 aromatic rings. The molecule has 0 aliphatic carbocycles. The van der Waals surface area contributed by atoms with Crippen molar-refractivity contribution in [3.05, 3.63) is 54.1 Å². The molecule has 0 unspecified atom stereocenters. The van der Waals surface area contributed by atoms with Gasteiger partial charge in [-0.2, -0.15) is 5.26 Å². The van der Waals surface area contributed by atoms with Gasteiger partial charge in [-0.15, -0.1) is 0 Å². The lowest BCUT2D eigenvalue weighted by Crippen LogP contribution is -2.36. The van der Waals surface area contributed by atoms with Crippen LogP contribution in [0.15, 0.2) is 42.5 Å². The molecule has 4 rings (SSSR count). The summed E-state index contributed by atoms with van der Waals surface area (Å²) in [6.07, 6.45) is 1.09. The Hall–Kier alpha value is -2.78. The zero-order valence-corrected chi connectivity index (χ0v) is 13.8. The highest BCUT2D eigenvalue weighted by atomic mass is 19.1. The highest BCUT2D eigenvalue weighted by Gasteiger charge is 2.52. The van der Waals surface area contributed by atoms with Crippen LogP contribution in [-0.2, 0) is 9.53 Å². The minimum atomic E-state index is -0.631. The van der Waals surface area contributed by atoms with Gasteiger partial charge in [0.2, 0.25) is 5.91 Å². The zero-order valence-electron chi connectivity index (χ0n) is 13.8. The first-order chi connectivity index (χ1) is 12.6. The first-order valence-electron chi connectivity index (χ1n) is 8.49. The Balaban J connectivity index is 1.55. The van der Waals surface area contributed by atoms with Gasteiger partial charge in [-0.1, -0.05) is 18.2 Å². The van der Waals surface area contributed by atoms with Crippen molar-refractivity contribution in [1.82, 2.24) is 0 Å². The summed E-state index contributed by atoms with van der Waals surface area (Å²) in [5, 5.41) is 12.0. The van der Waals surface area contributed by atoms with E-state index < -0.39 is 23.5 Å². The summed E-state index contributed by atoms with van der Waals surface area (Å²) < 4.78 is 34.0. The fourth-order valence-electron chi connectivity index (χ4n) is 3.89. The number of amides is 1. The molecule has 2 aliphatic rings. The van der Waals surface area contributed by atoms with Crippen LogP contribution >= 0.6 is 0 Å². The Kier molecular flexibility index (Phi) is 4.17. The van der Waals surface area contributed by atoms with Crippen LogP contribution in [-0.4, -0.2) is 18.1 Å². The number of carbonyl (C=O) groups is 1. The van der Waals surface area contributed by atoms with Crippen LogP contribution in [0, 0.1) is 34.8 Å². The highest BCUT2D eigenvalue weighted by molar-refractivity contribution is 5.94. The number of anilines is 1. The fraction of sp³-hybridized carbons (Fsp3) is 0.300. The van der Waals surface area contributed by atoms with Gasteiger partial charge >= 0.3 is 0 Å². The molecule has 6 heteroatoms. The lowest BCUT2D eigenvalue weighted by Gasteiger charge is -2.22. The van der Waals surface area contributed by atoms with Gasteiger partial charge in [0.15, 0.2) is 0 Å². The largest absolute Gasteiger partial charge is 0.373 e. The van der Waals surface area contributed by atoms with Crippen molar-refractivity contribution in [2.24, 2.45) is 11.8 Å². The van der Waals surface area contributed by atoms with Crippen LogP contribution < -0.4 is 5.32 Å². The van der Waals surface area contributed by atoms with Crippen molar-refractivity contribution >= 4 is 11.6 Å². The third-order valence-corrected chi connectivity index (χ3v) is 5.13. The van der Waals surface area contributed by atoms with E-state index in [0.717, 1.165) is 18.9 Å². The van der Waals surface area contributed by atoms with E-state index in [2.05, 4.69) is 11.4 Å². The summed E-state index contributed by atoms with van der Waals surface area (Å²) in [4.78, 5) is 12.6. The summed E-state index contributed by atoms with van der Waals surface area (Å²) in [5.41, 5.74) is 0.556. The molecule has 1 amide bonds. The minimum absolute atomic E-state index is 0.124. The van der Waals surface area contributed by atoms with Gasteiger partial charge in [-0.05, 0) is 37.1 Å². The number of fused-ring (bicyclic) bond motifs is 2. The number of hydrogen-bond acceptors (Lipinski definition) is 3. The molecule has 2 aliphatic heterocycles. The first-order valence-corrected chi connectivity index (χ1v) is 8.49. The molecule has 1 N–H and O–H groups in total. The standard InChI is InChI=1S/C20H16F2N2O2/c21-15-4-2-1-3-12(15)13-6-5-11(9-16(13)22)24-20(25)19-14(10-23)17-7-8-18(19)26-17/h1-6,9,14,17-19H,7-8H2,(H,24,25)/t14-,17-,18+,19-/m1/s1. The van der Waals surface area contributed by atoms with Crippen LogP contribution in [0.1, 0.15) is 12.8 Å². The second-order valence-electron chi connectivity index (χ2n) is 6.63. The van der Waals surface area contributed by atoms with Gasteiger partial charge in [-0.25, -0.2) is 8.78 Å². The van der Waals surface area contributed by atoms with Gasteiger partial charge in [0, 0.05) is 16.8 Å². The molecule has 0 saturated carbocycles. The van der Waals surface area contributed by atoms with Crippen LogP contribution in [0.25, 0.3) is 11.1 Å². The third-order valence-electron chi connectivity index (χ3n) is 5.13. The number of benzene rings is 2. The molecule has 0 radical (unpaired) electrons. The number of carbonyl (C=O) groups excluding carboxylic acids is 1. The second-order valence-corrected chi connectivity index (χ2v) is 6.63. The van der Waals surface area contributed by atoms with Crippen molar-refractivity contribution in [1.29, 1.82) is 5.26 Å². The van der Waals surface area contributed by atoms with E-state index in [1.165, 1.54) is 30.3 Å². The average molecular weight is 354 g/mol. The Labute approximate surface area is 149 Å². The van der Waals surface area contributed by atoms with E-state index in [-0.39, 0.29) is 34.9 Å². The van der Waals surface area contributed by atoms with Gasteiger partial charge in [-0.3, -0.25) is 4.79 Å². The maximum Gasteiger partial charge on any atom is 0.231 e. The molecule has 4 atom stereocenters. The molecule has 2 saturated heterocycles. The fourth-order valence-corrected chi connectivity index (χ4v) is 3.89. The SMILES string of the molecule is N#C[C@H]1[C@@H](C(=O)Nc2ccc(-c3ccccc3F)c(F)c2)[C@@H]2CC[C@H]1O2. The van der Waals surface area contributed by atoms with Gasteiger partial charge in [0.05, 0.1) is 30.1 Å². The average Bonchev–Trinajstić information content (AvgIpc) is 3.23. The van der Waals surface area contributed by atoms with E-state index in [1.807, 2.05) is 0 Å². The zero-order chi connectivity index (χ0) is 18.3. The summed E-state index contributed by atoms with van der Waals surface area (Å²) in [5.74, 6) is -2.51. The number of ether oxygens (including phenoxy) is 1. The van der Waals surface area contributed by atoms with Gasteiger partial charge in [0.25, 0.3) is 0 Å². The van der Waals surface area contributed by atoms with Crippen molar-refractivity contribution < 1.29 is 18.3 Å². The van der Waals surface area contributed by atoms with Gasteiger partial charge < -0.3 is 10.1 Å². The number of nitrogens with zero attached hydrogens (tertiary/aromatic N) is 1. The lowest BCUT2D eigenvalue weighted by molar-refractivity contribution is -0.122. The van der Waals surface area contributed by atoms with E-state index >= 15 is 0 Å². The maximum absolute atomic E-state index is 14.4. The summed E-state index contributed by atoms with van der Waals surface area (Å²) >= 11 is 0. The number of halogens is 2. The molecule has 26 heavy (non-hydrogen) atoms. The maximum atomic E-state index is 14.4. The van der Waals surface area contributed by atoms with E-state index in [1.54, 1.807) is 6.07 Å². The Bertz CT molecular complexity index is 909. The summed E-state index contributed by atoms with van der Waals surface area (Å²) in [7, 11) is 0. The summed E-state index contributed by atoms with van der Waals surface area (Å²) in [6.45, 7) is 0. The van der Waals surface area contributed by atoms with Crippen LogP contribution in [0.3, 0.4) is 0 Å². The van der Waals surface area contributed by atoms with Crippen molar-refractivity contribution in [3.8, 4) is 17.2 Å². The molecule has 2 bridgehead atoms. The van der Waals surface area contributed by atoms with E-state index in [9.17, 15) is 18.8 Å². The van der Waals surface area contributed by atoms with Crippen LogP contribution in [0.2, 0.25) is 0 Å². The van der Waals surface area contributed by atoms with Crippen LogP contribution in [0.5, 0.6) is 0 Å². The Morgan fingerprint density at radius 1 is 1.08 bits per heavy atom.